The van der Waals surface area contributed by atoms with Crippen molar-refractivity contribution in [3.63, 3.8) is 0 Å². The number of halogens is 4. The van der Waals surface area contributed by atoms with Crippen LogP contribution in [0.3, 0.4) is 0 Å². The Bertz CT molecular complexity index is 227. The summed E-state index contributed by atoms with van der Waals surface area (Å²) in [5, 5.41) is 0. The third-order valence-electron chi connectivity index (χ3n) is 1.15. The molecule has 2 N–H and O–H groups in total. The Hall–Kier alpha value is 0.1000. The summed E-state index contributed by atoms with van der Waals surface area (Å²) in [5.41, 5.74) is 5.66. The van der Waals surface area contributed by atoms with Crippen LogP contribution in [-0.4, -0.2) is 4.98 Å². The number of hydrogen-bond donors (Lipinski definition) is 1. The van der Waals surface area contributed by atoms with Crippen molar-refractivity contribution >= 4 is 40.7 Å². The highest BCUT2D eigenvalue weighted by atomic mass is 79.9. The molecular weight excluding hydrogens is 270 g/mol. The number of nitrogens with zero attached hydrogens (tertiary/aromatic N) is 1. The first kappa shape index (κ1) is 14.6. The highest BCUT2D eigenvalue weighted by Gasteiger charge is 2.03. The average Bonchev–Trinajstić information content (AvgIpc) is 1.88. The maximum atomic E-state index is 12.6. The lowest BCUT2D eigenvalue weighted by Crippen LogP contribution is -2.02. The Labute approximate surface area is 90.7 Å². The van der Waals surface area contributed by atoms with E-state index < -0.39 is 5.95 Å². The maximum Gasteiger partial charge on any atom is 0.218 e. The Morgan fingerprint density at radius 1 is 1.50 bits per heavy atom. The molecule has 0 saturated carbocycles. The van der Waals surface area contributed by atoms with Crippen LogP contribution in [-0.2, 0) is 6.54 Å². The van der Waals surface area contributed by atoms with Gasteiger partial charge >= 0.3 is 0 Å². The van der Waals surface area contributed by atoms with Gasteiger partial charge in [0, 0.05) is 22.8 Å². The van der Waals surface area contributed by atoms with Gasteiger partial charge in [-0.25, -0.2) is 4.98 Å². The van der Waals surface area contributed by atoms with E-state index in [1.165, 1.54) is 6.20 Å². The van der Waals surface area contributed by atoms with Gasteiger partial charge in [-0.1, -0.05) is 15.9 Å². The van der Waals surface area contributed by atoms with Gasteiger partial charge in [-0.05, 0) is 6.07 Å². The molecular formula is C6H8BrCl2FN2. The number of hydrogen-bond acceptors (Lipinski definition) is 2. The zero-order chi connectivity index (χ0) is 7.56. The van der Waals surface area contributed by atoms with E-state index in [1.54, 1.807) is 6.07 Å². The largest absolute Gasteiger partial charge is 0.326 e. The molecule has 0 spiro atoms. The van der Waals surface area contributed by atoms with Crippen molar-refractivity contribution < 1.29 is 4.39 Å². The van der Waals surface area contributed by atoms with Crippen molar-refractivity contribution in [2.75, 3.05) is 0 Å². The van der Waals surface area contributed by atoms with E-state index in [0.29, 0.717) is 10.0 Å². The molecule has 0 bridgehead atoms. The van der Waals surface area contributed by atoms with E-state index in [0.717, 1.165) is 0 Å². The predicted molar refractivity (Wildman–Crippen MR) is 54.3 cm³/mol. The molecule has 70 valence electrons. The first-order valence-electron chi connectivity index (χ1n) is 2.74. The summed E-state index contributed by atoms with van der Waals surface area (Å²) in [5.74, 6) is -0.503. The second-order valence-electron chi connectivity index (χ2n) is 1.77. The van der Waals surface area contributed by atoms with Crippen LogP contribution in [0, 0.1) is 5.95 Å². The number of rotatable bonds is 1. The lowest BCUT2D eigenvalue weighted by molar-refractivity contribution is 0.565. The molecule has 0 radical (unpaired) electrons. The molecule has 6 heteroatoms. The molecule has 12 heavy (non-hydrogen) atoms. The minimum Gasteiger partial charge on any atom is -0.326 e. The van der Waals surface area contributed by atoms with Crippen LogP contribution >= 0.6 is 40.7 Å². The maximum absolute atomic E-state index is 12.6. The standard InChI is InChI=1S/C6H6BrFN2.2ClH/c7-5-1-2-10-6(8)4(5)3-9;;/h1-2H,3,9H2;2*1H. The van der Waals surface area contributed by atoms with Crippen molar-refractivity contribution in [1.82, 2.24) is 4.98 Å². The molecule has 1 aromatic rings. The molecule has 0 unspecified atom stereocenters. The van der Waals surface area contributed by atoms with Gasteiger partial charge in [0.05, 0.1) is 0 Å². The molecule has 0 aliphatic carbocycles. The quantitative estimate of drug-likeness (QED) is 0.800. The molecule has 0 aliphatic heterocycles. The van der Waals surface area contributed by atoms with Crippen LogP contribution in [0.25, 0.3) is 0 Å². The van der Waals surface area contributed by atoms with Gasteiger partial charge in [-0.15, -0.1) is 24.8 Å². The Morgan fingerprint density at radius 3 is 2.42 bits per heavy atom. The van der Waals surface area contributed by atoms with E-state index in [9.17, 15) is 4.39 Å². The first-order valence-corrected chi connectivity index (χ1v) is 3.54. The fourth-order valence-corrected chi connectivity index (χ4v) is 1.07. The summed E-state index contributed by atoms with van der Waals surface area (Å²) in [6, 6.07) is 1.66. The molecule has 2 nitrogen and oxygen atoms in total. The van der Waals surface area contributed by atoms with Gasteiger partial charge in [0.25, 0.3) is 0 Å². The molecule has 1 heterocycles. The van der Waals surface area contributed by atoms with Gasteiger partial charge in [-0.3, -0.25) is 0 Å². The molecule has 0 fully saturated rings. The van der Waals surface area contributed by atoms with Crippen molar-refractivity contribution in [3.8, 4) is 0 Å². The smallest absolute Gasteiger partial charge is 0.218 e. The van der Waals surface area contributed by atoms with E-state index in [-0.39, 0.29) is 31.4 Å². The van der Waals surface area contributed by atoms with Crippen molar-refractivity contribution in [2.24, 2.45) is 5.73 Å². The van der Waals surface area contributed by atoms with Crippen molar-refractivity contribution in [3.05, 3.63) is 28.2 Å². The van der Waals surface area contributed by atoms with Gasteiger partial charge in [0.2, 0.25) is 5.95 Å². The average molecular weight is 278 g/mol. The summed E-state index contributed by atoms with van der Waals surface area (Å²) in [6.45, 7) is 0.167. The van der Waals surface area contributed by atoms with Crippen molar-refractivity contribution in [1.29, 1.82) is 0 Å². The topological polar surface area (TPSA) is 38.9 Å². The highest BCUT2D eigenvalue weighted by molar-refractivity contribution is 9.10. The monoisotopic (exact) mass is 276 g/mol. The van der Waals surface area contributed by atoms with Gasteiger partial charge in [-0.2, -0.15) is 4.39 Å². The minimum atomic E-state index is -0.503. The number of nitrogens with two attached hydrogens (primary N) is 1. The van der Waals surface area contributed by atoms with E-state index in [4.69, 9.17) is 5.73 Å². The molecule has 0 aromatic carbocycles. The lowest BCUT2D eigenvalue weighted by atomic mass is 10.3. The zero-order valence-electron chi connectivity index (χ0n) is 5.96. The zero-order valence-corrected chi connectivity index (χ0v) is 9.18. The van der Waals surface area contributed by atoms with Crippen LogP contribution in [0.15, 0.2) is 16.7 Å². The SMILES string of the molecule is Cl.Cl.NCc1c(Br)ccnc1F. The number of pyridine rings is 1. The van der Waals surface area contributed by atoms with Gasteiger partial charge in [0.15, 0.2) is 0 Å². The first-order chi connectivity index (χ1) is 4.75. The summed E-state index contributed by atoms with van der Waals surface area (Å²) in [6.07, 6.45) is 1.39. The fraction of sp³-hybridized carbons (Fsp3) is 0.167. The second kappa shape index (κ2) is 6.60. The number of aromatic nitrogens is 1. The summed E-state index contributed by atoms with van der Waals surface area (Å²) in [4.78, 5) is 3.43. The van der Waals surface area contributed by atoms with E-state index >= 15 is 0 Å². The lowest BCUT2D eigenvalue weighted by Gasteiger charge is -1.99. The highest BCUT2D eigenvalue weighted by Crippen LogP contribution is 2.16. The van der Waals surface area contributed by atoms with Crippen LogP contribution < -0.4 is 5.73 Å². The Kier molecular flexibility index (Phi) is 8.04. The Morgan fingerprint density at radius 2 is 2.08 bits per heavy atom. The molecule has 0 saturated heterocycles. The van der Waals surface area contributed by atoms with Crippen LogP contribution in [0.2, 0.25) is 0 Å². The third kappa shape index (κ3) is 3.23. The molecule has 1 aromatic heterocycles. The third-order valence-corrected chi connectivity index (χ3v) is 1.89. The van der Waals surface area contributed by atoms with E-state index in [1.807, 2.05) is 0 Å². The van der Waals surface area contributed by atoms with Crippen molar-refractivity contribution in [2.45, 2.75) is 6.54 Å². The summed E-state index contributed by atoms with van der Waals surface area (Å²) in [7, 11) is 0. The van der Waals surface area contributed by atoms with Gasteiger partial charge in [0.1, 0.15) is 0 Å². The van der Waals surface area contributed by atoms with E-state index in [2.05, 4.69) is 20.9 Å². The molecule has 0 atom stereocenters. The minimum absolute atomic E-state index is 0. The molecule has 1 rings (SSSR count). The normalized spacial score (nSPS) is 8.25. The fourth-order valence-electron chi connectivity index (χ4n) is 0.627. The van der Waals surface area contributed by atoms with Crippen LogP contribution in [0.5, 0.6) is 0 Å². The molecule has 0 aliphatic rings. The van der Waals surface area contributed by atoms with Crippen LogP contribution in [0.1, 0.15) is 5.56 Å². The predicted octanol–water partition coefficient (Wildman–Crippen LogP) is 2.29. The Balaban J connectivity index is 0. The summed E-state index contributed by atoms with van der Waals surface area (Å²) < 4.78 is 13.3. The second-order valence-corrected chi connectivity index (χ2v) is 2.62. The van der Waals surface area contributed by atoms with Crippen LogP contribution in [0.4, 0.5) is 4.39 Å². The summed E-state index contributed by atoms with van der Waals surface area (Å²) >= 11 is 3.15. The molecule has 0 amide bonds. The van der Waals surface area contributed by atoms with Gasteiger partial charge < -0.3 is 5.73 Å².